The largest absolute Gasteiger partial charge is 0.347 e. The highest BCUT2D eigenvalue weighted by Gasteiger charge is 2.37. The van der Waals surface area contributed by atoms with Crippen LogP contribution in [0.15, 0.2) is 24.4 Å². The maximum absolute atomic E-state index is 13.7. The highest BCUT2D eigenvalue weighted by atomic mass is 16.2. The normalized spacial score (nSPS) is 18.6. The second kappa shape index (κ2) is 8.93. The molecular weight excluding hydrogens is 490 g/mol. The summed E-state index contributed by atoms with van der Waals surface area (Å²) in [6.45, 7) is 13.3. The van der Waals surface area contributed by atoms with Gasteiger partial charge in [-0.1, -0.05) is 27.7 Å². The first-order valence-electron chi connectivity index (χ1n) is 13.9. The number of fused-ring (bicyclic) bond motifs is 4. The van der Waals surface area contributed by atoms with Crippen molar-refractivity contribution in [1.82, 2.24) is 14.1 Å². The number of pyridine rings is 1. The minimum Gasteiger partial charge on any atom is -0.347 e. The summed E-state index contributed by atoms with van der Waals surface area (Å²) in [7, 11) is 0. The van der Waals surface area contributed by atoms with Gasteiger partial charge in [-0.25, -0.2) is 4.98 Å². The van der Waals surface area contributed by atoms with Crippen molar-refractivity contribution in [3.63, 3.8) is 0 Å². The smallest absolute Gasteiger partial charge is 0.274 e. The van der Waals surface area contributed by atoms with Gasteiger partial charge in [-0.3, -0.25) is 19.3 Å². The molecule has 8 heteroatoms. The van der Waals surface area contributed by atoms with Gasteiger partial charge in [-0.2, -0.15) is 0 Å². The molecule has 4 heterocycles. The second-order valence-electron chi connectivity index (χ2n) is 13.0. The van der Waals surface area contributed by atoms with Gasteiger partial charge in [0.15, 0.2) is 6.29 Å². The van der Waals surface area contributed by atoms with Crippen LogP contribution in [0.2, 0.25) is 0 Å². The van der Waals surface area contributed by atoms with Crippen LogP contribution < -0.4 is 9.80 Å². The Hall–Kier alpha value is -3.68. The summed E-state index contributed by atoms with van der Waals surface area (Å²) in [4.78, 5) is 46.0. The van der Waals surface area contributed by atoms with E-state index < -0.39 is 0 Å². The molecule has 1 aliphatic heterocycles. The van der Waals surface area contributed by atoms with Crippen molar-refractivity contribution in [2.75, 3.05) is 22.9 Å². The summed E-state index contributed by atoms with van der Waals surface area (Å²) in [5, 5.41) is 0. The molecule has 39 heavy (non-hydrogen) atoms. The van der Waals surface area contributed by atoms with Gasteiger partial charge < -0.3 is 14.0 Å². The second-order valence-corrected chi connectivity index (χ2v) is 13.0. The molecule has 0 aromatic carbocycles. The highest BCUT2D eigenvalue weighted by molar-refractivity contribution is 6.09. The van der Waals surface area contributed by atoms with Gasteiger partial charge in [0.05, 0.1) is 11.3 Å². The number of carbonyl (C=O) groups is 3. The summed E-state index contributed by atoms with van der Waals surface area (Å²) in [6, 6.07) is 5.98. The number of hydrogen-bond acceptors (Lipinski definition) is 4. The molecule has 0 unspecified atom stereocenters. The van der Waals surface area contributed by atoms with E-state index in [1.54, 1.807) is 17.2 Å². The van der Waals surface area contributed by atoms with Crippen LogP contribution in [0, 0.1) is 17.8 Å². The number of amides is 2. The van der Waals surface area contributed by atoms with E-state index in [0.29, 0.717) is 37.6 Å². The average molecular weight is 528 g/mol. The number of aryl methyl sites for hydroxylation is 1. The summed E-state index contributed by atoms with van der Waals surface area (Å²) < 4.78 is 4.44. The standard InChI is InChI=1S/C31H37N5O3/c1-20-12-21-14-30(2,3)16-26(21)34(20)9-8-33(19-38)28-23(18-37)24(6-7-32-28)36-11-10-35-25(29(36)39)13-22-15-31(4,5)17-27(22)35/h6-7,12-13,18-19H,8-11,14-17H2,1-5H3. The predicted molar refractivity (Wildman–Crippen MR) is 151 cm³/mol. The molecule has 0 saturated heterocycles. The van der Waals surface area contributed by atoms with Crippen molar-refractivity contribution in [2.24, 2.45) is 10.8 Å². The van der Waals surface area contributed by atoms with E-state index in [1.807, 2.05) is 6.07 Å². The van der Waals surface area contributed by atoms with E-state index in [1.165, 1.54) is 33.1 Å². The number of anilines is 2. The fourth-order valence-corrected chi connectivity index (χ4v) is 7.09. The van der Waals surface area contributed by atoms with Crippen LogP contribution >= 0.6 is 0 Å². The molecule has 0 atom stereocenters. The zero-order valence-corrected chi connectivity index (χ0v) is 23.6. The predicted octanol–water partition coefficient (Wildman–Crippen LogP) is 4.38. The molecule has 0 bridgehead atoms. The monoisotopic (exact) mass is 527 g/mol. The molecule has 0 radical (unpaired) electrons. The van der Waals surface area contributed by atoms with Crippen LogP contribution in [0.4, 0.5) is 11.5 Å². The first-order valence-corrected chi connectivity index (χ1v) is 13.9. The van der Waals surface area contributed by atoms with Gasteiger partial charge in [0.2, 0.25) is 6.41 Å². The lowest BCUT2D eigenvalue weighted by Gasteiger charge is -2.31. The Kier molecular flexibility index (Phi) is 5.86. The molecule has 6 rings (SSSR count). The van der Waals surface area contributed by atoms with E-state index >= 15 is 0 Å². The Morgan fingerprint density at radius 3 is 2.36 bits per heavy atom. The van der Waals surface area contributed by atoms with Crippen molar-refractivity contribution < 1.29 is 14.4 Å². The van der Waals surface area contributed by atoms with Gasteiger partial charge in [0, 0.05) is 49.5 Å². The minimum absolute atomic E-state index is 0.118. The van der Waals surface area contributed by atoms with Crippen molar-refractivity contribution in [2.45, 2.75) is 73.4 Å². The molecule has 0 spiro atoms. The maximum atomic E-state index is 13.7. The van der Waals surface area contributed by atoms with E-state index in [4.69, 9.17) is 0 Å². The molecule has 3 aromatic heterocycles. The molecule has 2 amide bonds. The lowest BCUT2D eigenvalue weighted by molar-refractivity contribution is -0.107. The van der Waals surface area contributed by atoms with Crippen molar-refractivity contribution in [3.8, 4) is 0 Å². The topological polar surface area (TPSA) is 80.4 Å². The Morgan fingerprint density at radius 2 is 1.67 bits per heavy atom. The molecule has 3 aliphatic rings. The quantitative estimate of drug-likeness (QED) is 0.427. The van der Waals surface area contributed by atoms with Crippen molar-refractivity contribution in [1.29, 1.82) is 0 Å². The number of nitrogens with zero attached hydrogens (tertiary/aromatic N) is 5. The van der Waals surface area contributed by atoms with Gasteiger partial charge in [-0.05, 0) is 72.8 Å². The minimum atomic E-state index is -0.118. The lowest BCUT2D eigenvalue weighted by Crippen LogP contribution is -2.41. The van der Waals surface area contributed by atoms with Gasteiger partial charge >= 0.3 is 0 Å². The molecule has 204 valence electrons. The molecule has 8 nitrogen and oxygen atoms in total. The van der Waals surface area contributed by atoms with Crippen molar-refractivity contribution >= 4 is 30.1 Å². The summed E-state index contributed by atoms with van der Waals surface area (Å²) in [6.07, 6.45) is 7.02. The summed E-state index contributed by atoms with van der Waals surface area (Å²) >= 11 is 0. The summed E-state index contributed by atoms with van der Waals surface area (Å²) in [5.74, 6) is 0.171. The van der Waals surface area contributed by atoms with Crippen LogP contribution in [0.3, 0.4) is 0 Å². The third kappa shape index (κ3) is 4.21. The van der Waals surface area contributed by atoms with Crippen LogP contribution in [0.25, 0.3) is 0 Å². The zero-order chi connectivity index (χ0) is 27.7. The van der Waals surface area contributed by atoms with Gasteiger partial charge in [0.25, 0.3) is 5.91 Å². The Labute approximate surface area is 229 Å². The van der Waals surface area contributed by atoms with E-state index in [9.17, 15) is 14.4 Å². The molecule has 0 fully saturated rings. The van der Waals surface area contributed by atoms with Crippen LogP contribution in [0.5, 0.6) is 0 Å². The molecule has 3 aromatic rings. The number of rotatable bonds is 7. The molecule has 0 N–H and O–H groups in total. The van der Waals surface area contributed by atoms with E-state index in [-0.39, 0.29) is 28.1 Å². The highest BCUT2D eigenvalue weighted by Crippen LogP contribution is 2.40. The number of carbonyl (C=O) groups excluding carboxylic acids is 3. The first-order chi connectivity index (χ1) is 18.5. The zero-order valence-electron chi connectivity index (χ0n) is 23.6. The molecule has 2 aliphatic carbocycles. The van der Waals surface area contributed by atoms with Crippen LogP contribution in [-0.4, -0.2) is 45.8 Å². The summed E-state index contributed by atoms with van der Waals surface area (Å²) in [5.41, 5.74) is 8.29. The molecular formula is C31H37N5O3. The average Bonchev–Trinajstić information content (AvgIpc) is 3.54. The number of aldehydes is 1. The first kappa shape index (κ1) is 25.6. The van der Waals surface area contributed by atoms with Gasteiger partial charge in [-0.15, -0.1) is 0 Å². The van der Waals surface area contributed by atoms with E-state index in [0.717, 1.165) is 38.4 Å². The van der Waals surface area contributed by atoms with Crippen LogP contribution in [-0.2, 0) is 43.6 Å². The Morgan fingerprint density at radius 1 is 0.974 bits per heavy atom. The van der Waals surface area contributed by atoms with Crippen molar-refractivity contribution in [3.05, 3.63) is 63.9 Å². The van der Waals surface area contributed by atoms with E-state index in [2.05, 4.69) is 54.8 Å². The lowest BCUT2D eigenvalue weighted by atomic mass is 9.90. The third-order valence-corrected chi connectivity index (χ3v) is 8.76. The third-order valence-electron chi connectivity index (χ3n) is 8.76. The van der Waals surface area contributed by atoms with Crippen LogP contribution in [0.1, 0.15) is 76.8 Å². The number of aromatic nitrogens is 3. The Balaban J connectivity index is 1.27. The SMILES string of the molecule is Cc1cc2c(n1CCN(C=O)c1nccc(N3CCn4c(cc5c4CC(C)(C)C5)C3=O)c1C=O)CC(C)(C)C2. The fourth-order valence-electron chi connectivity index (χ4n) is 7.09. The fraction of sp³-hybridized carbons (Fsp3) is 0.484. The Bertz CT molecular complexity index is 1510. The maximum Gasteiger partial charge on any atom is 0.274 e. The number of hydrogen-bond donors (Lipinski definition) is 0. The molecule has 0 saturated carbocycles. The van der Waals surface area contributed by atoms with Gasteiger partial charge in [0.1, 0.15) is 11.5 Å².